The number of rotatable bonds is 3. The third-order valence-electron chi connectivity index (χ3n) is 3.73. The van der Waals surface area contributed by atoms with Crippen molar-refractivity contribution in [3.63, 3.8) is 0 Å². The van der Waals surface area contributed by atoms with Gasteiger partial charge in [-0.1, -0.05) is 47.5 Å². The summed E-state index contributed by atoms with van der Waals surface area (Å²) in [6.45, 7) is 0. The minimum Gasteiger partial charge on any atom is -0.457 e. The van der Waals surface area contributed by atoms with Gasteiger partial charge in [-0.15, -0.1) is 0 Å². The van der Waals surface area contributed by atoms with Crippen LogP contribution in [-0.2, 0) is 4.79 Å². The van der Waals surface area contributed by atoms with E-state index in [2.05, 4.69) is 10.3 Å². The second kappa shape index (κ2) is 7.64. The van der Waals surface area contributed by atoms with Gasteiger partial charge in [0.1, 0.15) is 11.5 Å². The van der Waals surface area contributed by atoms with E-state index in [1.165, 1.54) is 11.8 Å². The molecule has 1 fully saturated rings. The lowest BCUT2D eigenvalue weighted by atomic mass is 10.2. The quantitative estimate of drug-likeness (QED) is 0.523. The van der Waals surface area contributed by atoms with Crippen LogP contribution in [0.5, 0.6) is 0 Å². The minimum absolute atomic E-state index is 0.230. The lowest BCUT2D eigenvalue weighted by Crippen LogP contribution is -2.19. The van der Waals surface area contributed by atoms with Crippen molar-refractivity contribution in [1.29, 1.82) is 0 Å². The highest BCUT2D eigenvalue weighted by Gasteiger charge is 2.24. The van der Waals surface area contributed by atoms with Gasteiger partial charge in [0.2, 0.25) is 0 Å². The predicted molar refractivity (Wildman–Crippen MR) is 111 cm³/mol. The van der Waals surface area contributed by atoms with E-state index < -0.39 is 0 Å². The Morgan fingerprint density at radius 3 is 2.70 bits per heavy atom. The summed E-state index contributed by atoms with van der Waals surface area (Å²) in [6.07, 6.45) is 1.68. The molecule has 1 aliphatic heterocycles. The Morgan fingerprint density at radius 1 is 1.04 bits per heavy atom. The van der Waals surface area contributed by atoms with Crippen LogP contribution in [0.15, 0.2) is 75.0 Å². The fourth-order valence-corrected chi connectivity index (χ4v) is 3.67. The Kier molecular flexibility index (Phi) is 5.07. The Bertz CT molecular complexity index is 1090. The molecule has 1 amide bonds. The molecular weight excluding hydrogens is 403 g/mol. The van der Waals surface area contributed by atoms with Crippen molar-refractivity contribution in [2.75, 3.05) is 0 Å². The van der Waals surface area contributed by atoms with E-state index in [0.717, 1.165) is 5.56 Å². The van der Waals surface area contributed by atoms with Crippen molar-refractivity contribution < 1.29 is 9.21 Å². The zero-order chi connectivity index (χ0) is 18.8. The molecule has 0 unspecified atom stereocenters. The van der Waals surface area contributed by atoms with Crippen LogP contribution in [0.1, 0.15) is 5.76 Å². The molecule has 2 heterocycles. The summed E-state index contributed by atoms with van der Waals surface area (Å²) in [5.74, 6) is 1.02. The number of para-hydroxylation sites is 1. The maximum absolute atomic E-state index is 12.2. The van der Waals surface area contributed by atoms with Gasteiger partial charge in [0, 0.05) is 16.7 Å². The van der Waals surface area contributed by atoms with Gasteiger partial charge in [0.05, 0.1) is 15.6 Å². The fourth-order valence-electron chi connectivity index (χ4n) is 2.49. The number of aliphatic imine (C=N–C) groups is 1. The first-order valence-corrected chi connectivity index (χ1v) is 9.55. The van der Waals surface area contributed by atoms with Gasteiger partial charge < -0.3 is 9.73 Å². The smallest absolute Gasteiger partial charge is 0.264 e. The number of carbonyl (C=O) groups excluding carboxylic acids is 1. The van der Waals surface area contributed by atoms with Crippen molar-refractivity contribution in [1.82, 2.24) is 5.32 Å². The first-order valence-electron chi connectivity index (χ1n) is 7.98. The molecule has 3 aromatic rings. The topological polar surface area (TPSA) is 54.6 Å². The Morgan fingerprint density at radius 2 is 1.89 bits per heavy atom. The number of amidine groups is 1. The number of nitrogens with one attached hydrogen (secondary N) is 1. The van der Waals surface area contributed by atoms with E-state index in [1.807, 2.05) is 36.4 Å². The second-order valence-corrected chi connectivity index (χ2v) is 7.52. The van der Waals surface area contributed by atoms with Gasteiger partial charge >= 0.3 is 0 Å². The number of hydrogen-bond acceptors (Lipinski definition) is 4. The largest absolute Gasteiger partial charge is 0.457 e. The lowest BCUT2D eigenvalue weighted by molar-refractivity contribution is -0.115. The van der Waals surface area contributed by atoms with Crippen LogP contribution in [0.4, 0.5) is 5.69 Å². The van der Waals surface area contributed by atoms with E-state index in [9.17, 15) is 4.79 Å². The first-order chi connectivity index (χ1) is 13.1. The van der Waals surface area contributed by atoms with E-state index in [-0.39, 0.29) is 5.91 Å². The van der Waals surface area contributed by atoms with Crippen molar-refractivity contribution in [2.24, 2.45) is 4.99 Å². The summed E-state index contributed by atoms with van der Waals surface area (Å²) in [5.41, 5.74) is 1.47. The van der Waals surface area contributed by atoms with Gasteiger partial charge in [-0.05, 0) is 48.2 Å². The number of halogens is 2. The molecule has 1 aliphatic rings. The number of thioether (sulfide) groups is 1. The highest BCUT2D eigenvalue weighted by Crippen LogP contribution is 2.32. The second-order valence-electron chi connectivity index (χ2n) is 5.65. The average Bonchev–Trinajstić information content (AvgIpc) is 3.24. The molecule has 4 rings (SSSR count). The van der Waals surface area contributed by atoms with Crippen molar-refractivity contribution in [3.05, 3.63) is 81.4 Å². The molecule has 2 aromatic carbocycles. The van der Waals surface area contributed by atoms with Crippen LogP contribution in [0.3, 0.4) is 0 Å². The summed E-state index contributed by atoms with van der Waals surface area (Å²) in [7, 11) is 0. The number of hydrogen-bond donors (Lipinski definition) is 1. The molecule has 7 heteroatoms. The van der Waals surface area contributed by atoms with Crippen LogP contribution >= 0.6 is 35.0 Å². The van der Waals surface area contributed by atoms with Gasteiger partial charge in [-0.25, -0.2) is 4.99 Å². The maximum Gasteiger partial charge on any atom is 0.264 e. The molecule has 0 aliphatic carbocycles. The number of nitrogens with zero attached hydrogens (tertiary/aromatic N) is 1. The normalized spacial score (nSPS) is 16.9. The molecule has 1 N–H and O–H groups in total. The lowest BCUT2D eigenvalue weighted by Gasteiger charge is -1.98. The Hall–Kier alpha value is -2.47. The molecule has 0 bridgehead atoms. The molecule has 0 radical (unpaired) electrons. The predicted octanol–water partition coefficient (Wildman–Crippen LogP) is 6.15. The van der Waals surface area contributed by atoms with Crippen LogP contribution in [0, 0.1) is 0 Å². The summed E-state index contributed by atoms with van der Waals surface area (Å²) in [4.78, 5) is 17.1. The monoisotopic (exact) mass is 414 g/mol. The van der Waals surface area contributed by atoms with Crippen LogP contribution < -0.4 is 5.32 Å². The minimum atomic E-state index is -0.230. The molecule has 0 atom stereocenters. The number of benzene rings is 2. The third kappa shape index (κ3) is 4.11. The van der Waals surface area contributed by atoms with Crippen LogP contribution in [-0.4, -0.2) is 11.1 Å². The zero-order valence-electron chi connectivity index (χ0n) is 13.8. The Labute approximate surface area is 169 Å². The molecule has 0 saturated carbocycles. The van der Waals surface area contributed by atoms with E-state index in [1.54, 1.807) is 30.3 Å². The van der Waals surface area contributed by atoms with E-state index >= 15 is 0 Å². The third-order valence-corrected chi connectivity index (χ3v) is 5.20. The highest BCUT2D eigenvalue weighted by atomic mass is 35.5. The molecule has 1 aromatic heterocycles. The zero-order valence-corrected chi connectivity index (χ0v) is 16.1. The van der Waals surface area contributed by atoms with Crippen molar-refractivity contribution in [3.8, 4) is 11.3 Å². The van der Waals surface area contributed by atoms with E-state index in [0.29, 0.717) is 37.3 Å². The molecule has 1 saturated heterocycles. The number of furan rings is 1. The van der Waals surface area contributed by atoms with Crippen LogP contribution in [0.25, 0.3) is 17.4 Å². The molecule has 4 nitrogen and oxygen atoms in total. The van der Waals surface area contributed by atoms with Gasteiger partial charge in [0.15, 0.2) is 5.17 Å². The van der Waals surface area contributed by atoms with Crippen LogP contribution in [0.2, 0.25) is 10.0 Å². The van der Waals surface area contributed by atoms with Crippen molar-refractivity contribution in [2.45, 2.75) is 0 Å². The first kappa shape index (κ1) is 17.9. The van der Waals surface area contributed by atoms with Gasteiger partial charge in [-0.3, -0.25) is 4.79 Å². The van der Waals surface area contributed by atoms with E-state index in [4.69, 9.17) is 27.6 Å². The molecule has 134 valence electrons. The summed E-state index contributed by atoms with van der Waals surface area (Å²) in [6, 6.07) is 18.2. The number of carbonyl (C=O) groups is 1. The molecule has 0 spiro atoms. The standard InChI is InChI=1S/C20H12Cl2N2O2S/c21-13-5-3-4-12(10-13)17-9-8-14(26-17)11-18-19(25)24-20(27-18)23-16-7-2-1-6-15(16)22/h1-11H,(H,23,24,25)/b18-11+. The summed E-state index contributed by atoms with van der Waals surface area (Å²) >= 11 is 13.4. The fraction of sp³-hybridized carbons (Fsp3) is 0. The maximum atomic E-state index is 12.2. The summed E-state index contributed by atoms with van der Waals surface area (Å²) < 4.78 is 5.82. The summed E-state index contributed by atoms with van der Waals surface area (Å²) in [5, 5.41) is 4.36. The average molecular weight is 415 g/mol. The van der Waals surface area contributed by atoms with Gasteiger partial charge in [-0.2, -0.15) is 0 Å². The highest BCUT2D eigenvalue weighted by molar-refractivity contribution is 8.18. The Balaban J connectivity index is 1.56. The van der Waals surface area contributed by atoms with Crippen molar-refractivity contribution >= 4 is 57.8 Å². The van der Waals surface area contributed by atoms with Gasteiger partial charge in [0.25, 0.3) is 5.91 Å². The molecule has 27 heavy (non-hydrogen) atoms. The SMILES string of the molecule is O=C1NC(=Nc2ccccc2Cl)S/C1=C/c1ccc(-c2cccc(Cl)c2)o1. The number of amides is 1. The molecular formula is C20H12Cl2N2O2S.